The summed E-state index contributed by atoms with van der Waals surface area (Å²) in [5.41, 5.74) is 0. The Bertz CT molecular complexity index is 1990. The first kappa shape index (κ1) is 100. The average Bonchev–Trinajstić information content (AvgIpc) is 0.908. The van der Waals surface area contributed by atoms with Crippen molar-refractivity contribution in [3.63, 3.8) is 0 Å². The lowest BCUT2D eigenvalue weighted by atomic mass is 9.99. The van der Waals surface area contributed by atoms with Crippen LogP contribution in [0.25, 0.3) is 0 Å². The van der Waals surface area contributed by atoms with Gasteiger partial charge in [-0.15, -0.1) is 0 Å². The highest BCUT2D eigenvalue weighted by Crippen LogP contribution is 2.45. The van der Waals surface area contributed by atoms with E-state index < -0.39 is 97.5 Å². The van der Waals surface area contributed by atoms with Crippen LogP contribution in [0.4, 0.5) is 0 Å². The summed E-state index contributed by atoms with van der Waals surface area (Å²) in [4.78, 5) is 73.1. The zero-order valence-corrected chi connectivity index (χ0v) is 69.0. The zero-order chi connectivity index (χ0) is 75.3. The third kappa shape index (κ3) is 73.6. The number of phosphoric ester groups is 2. The second-order valence-corrected chi connectivity index (χ2v) is 34.2. The van der Waals surface area contributed by atoms with E-state index in [4.69, 9.17) is 37.0 Å². The summed E-state index contributed by atoms with van der Waals surface area (Å²) in [5, 5.41) is 10.6. The molecule has 0 spiro atoms. The van der Waals surface area contributed by atoms with E-state index in [0.29, 0.717) is 31.6 Å². The lowest BCUT2D eigenvalue weighted by Gasteiger charge is -2.21. The Hall–Kier alpha value is -1.94. The molecule has 7 atom stereocenters. The van der Waals surface area contributed by atoms with Gasteiger partial charge in [-0.2, -0.15) is 0 Å². The Balaban J connectivity index is 5.21. The standard InChI is InChI=1S/C83H162O17P2/c1-9-75(7)61-53-45-36-30-24-20-17-18-22-26-34-40-50-58-66-83(88)100-79(70-94-81(86)64-56-48-42-41-44-52-60-74(5)6)72-98-102(91,92)96-68-77(84)67-95-101(89,90)97-71-78(69-93-80(85)63-55-47-38-32-28-27-31-37-46-54-62-76(8)10-2)99-82(87)65-57-49-39-33-25-21-16-14-12-11-13-15-19-23-29-35-43-51-59-73(3)4/h73-79,84H,9-72H2,1-8H3,(H,89,90)(H,91,92)/t75?,76?,77-,78-,79-/m1/s1. The maximum absolute atomic E-state index is 13.1. The second kappa shape index (κ2) is 72.0. The summed E-state index contributed by atoms with van der Waals surface area (Å²) in [6.45, 7) is 14.3. The van der Waals surface area contributed by atoms with Crippen molar-refractivity contribution in [2.45, 2.75) is 446 Å². The van der Waals surface area contributed by atoms with E-state index in [0.717, 1.165) is 114 Å². The summed E-state index contributed by atoms with van der Waals surface area (Å²) in [6, 6.07) is 0. The molecule has 0 aliphatic carbocycles. The van der Waals surface area contributed by atoms with Crippen molar-refractivity contribution in [2.75, 3.05) is 39.6 Å². The third-order valence-electron chi connectivity index (χ3n) is 20.0. The van der Waals surface area contributed by atoms with Crippen LogP contribution in [0.15, 0.2) is 0 Å². The molecule has 0 bridgehead atoms. The number of esters is 4. The van der Waals surface area contributed by atoms with Gasteiger partial charge in [0, 0.05) is 25.7 Å². The molecule has 0 aromatic carbocycles. The molecule has 4 unspecified atom stereocenters. The van der Waals surface area contributed by atoms with Crippen molar-refractivity contribution in [2.24, 2.45) is 23.7 Å². The Kier molecular flexibility index (Phi) is 70.6. The first-order valence-corrected chi connectivity index (χ1v) is 45.8. The van der Waals surface area contributed by atoms with Crippen molar-refractivity contribution < 1.29 is 80.2 Å². The van der Waals surface area contributed by atoms with Gasteiger partial charge in [0.15, 0.2) is 12.2 Å². The van der Waals surface area contributed by atoms with E-state index in [9.17, 15) is 43.2 Å². The van der Waals surface area contributed by atoms with E-state index in [1.165, 1.54) is 225 Å². The molecule has 17 nitrogen and oxygen atoms in total. The highest BCUT2D eigenvalue weighted by Gasteiger charge is 2.30. The normalized spacial score (nSPS) is 14.5. The maximum atomic E-state index is 13.1. The Labute approximate surface area is 626 Å². The summed E-state index contributed by atoms with van der Waals surface area (Å²) in [6.07, 6.45) is 59.8. The number of rotatable bonds is 80. The predicted octanol–water partition coefficient (Wildman–Crippen LogP) is 24.8. The number of aliphatic hydroxyl groups is 1. The molecule has 0 saturated carbocycles. The summed E-state index contributed by atoms with van der Waals surface area (Å²) in [5.74, 6) is 1.04. The van der Waals surface area contributed by atoms with Crippen molar-refractivity contribution in [3.8, 4) is 0 Å². The first-order chi connectivity index (χ1) is 49.2. The van der Waals surface area contributed by atoms with Gasteiger partial charge < -0.3 is 33.8 Å². The van der Waals surface area contributed by atoms with E-state index in [1.54, 1.807) is 0 Å². The van der Waals surface area contributed by atoms with Crippen LogP contribution in [0.3, 0.4) is 0 Å². The maximum Gasteiger partial charge on any atom is 0.472 e. The number of carbonyl (C=O) groups excluding carboxylic acids is 4. The van der Waals surface area contributed by atoms with Crippen LogP contribution in [0.5, 0.6) is 0 Å². The Morgan fingerprint density at radius 3 is 0.696 bits per heavy atom. The van der Waals surface area contributed by atoms with Gasteiger partial charge in [0.25, 0.3) is 0 Å². The van der Waals surface area contributed by atoms with E-state index in [1.807, 2.05) is 0 Å². The molecular formula is C83H162O17P2. The molecular weight excluding hydrogens is 1330 g/mol. The van der Waals surface area contributed by atoms with Crippen LogP contribution in [0, 0.1) is 23.7 Å². The SMILES string of the molecule is CCC(C)CCCCCCCCCCCCCCCCC(=O)O[C@H](COC(=O)CCCCCCCCC(C)C)COP(=O)(O)OC[C@H](O)COP(=O)(O)OC[C@@H](COC(=O)CCCCCCCCCCCCC(C)CC)OC(=O)CCCCCCCCCCCCCCCCCCCCC(C)C. The molecule has 0 heterocycles. The van der Waals surface area contributed by atoms with Gasteiger partial charge in [0.05, 0.1) is 26.4 Å². The zero-order valence-electron chi connectivity index (χ0n) is 67.2. The molecule has 0 amide bonds. The van der Waals surface area contributed by atoms with Crippen LogP contribution < -0.4 is 0 Å². The van der Waals surface area contributed by atoms with Gasteiger partial charge in [-0.1, -0.05) is 376 Å². The third-order valence-corrected chi connectivity index (χ3v) is 21.9. The molecule has 606 valence electrons. The van der Waals surface area contributed by atoms with Crippen LogP contribution in [-0.2, 0) is 65.4 Å². The van der Waals surface area contributed by atoms with Crippen LogP contribution in [0.2, 0.25) is 0 Å². The fraction of sp³-hybridized carbons (Fsp3) is 0.952. The number of carbonyl (C=O) groups is 4. The van der Waals surface area contributed by atoms with Crippen molar-refractivity contribution >= 4 is 39.5 Å². The largest absolute Gasteiger partial charge is 0.472 e. The van der Waals surface area contributed by atoms with Gasteiger partial charge in [0.2, 0.25) is 0 Å². The molecule has 0 aromatic rings. The number of unbranched alkanes of at least 4 members (excludes halogenated alkanes) is 44. The minimum Gasteiger partial charge on any atom is -0.462 e. The molecule has 0 radical (unpaired) electrons. The minimum absolute atomic E-state index is 0.106. The molecule has 0 fully saturated rings. The Morgan fingerprint density at radius 2 is 0.471 bits per heavy atom. The quantitative estimate of drug-likeness (QED) is 0.0222. The smallest absolute Gasteiger partial charge is 0.462 e. The topological polar surface area (TPSA) is 237 Å². The predicted molar refractivity (Wildman–Crippen MR) is 418 cm³/mol. The van der Waals surface area contributed by atoms with Gasteiger partial charge in [-0.25, -0.2) is 9.13 Å². The summed E-state index contributed by atoms with van der Waals surface area (Å²) >= 11 is 0. The number of hydrogen-bond donors (Lipinski definition) is 3. The number of ether oxygens (including phenoxy) is 4. The van der Waals surface area contributed by atoms with E-state index in [2.05, 4.69) is 55.4 Å². The minimum atomic E-state index is -4.96. The average molecular weight is 1490 g/mol. The highest BCUT2D eigenvalue weighted by molar-refractivity contribution is 7.47. The van der Waals surface area contributed by atoms with Crippen molar-refractivity contribution in [1.29, 1.82) is 0 Å². The van der Waals surface area contributed by atoms with Gasteiger partial charge >= 0.3 is 39.5 Å². The van der Waals surface area contributed by atoms with Crippen LogP contribution in [-0.4, -0.2) is 96.7 Å². The van der Waals surface area contributed by atoms with Crippen LogP contribution in [0.1, 0.15) is 428 Å². The lowest BCUT2D eigenvalue weighted by molar-refractivity contribution is -0.161. The fourth-order valence-corrected chi connectivity index (χ4v) is 14.3. The molecule has 0 rings (SSSR count). The van der Waals surface area contributed by atoms with E-state index in [-0.39, 0.29) is 25.7 Å². The molecule has 3 N–H and O–H groups in total. The molecule has 0 aliphatic heterocycles. The fourth-order valence-electron chi connectivity index (χ4n) is 12.7. The summed E-state index contributed by atoms with van der Waals surface area (Å²) < 4.78 is 68.7. The van der Waals surface area contributed by atoms with Crippen LogP contribution >= 0.6 is 15.6 Å². The van der Waals surface area contributed by atoms with Crippen molar-refractivity contribution in [3.05, 3.63) is 0 Å². The van der Waals surface area contributed by atoms with E-state index >= 15 is 0 Å². The molecule has 102 heavy (non-hydrogen) atoms. The van der Waals surface area contributed by atoms with Gasteiger partial charge in [-0.05, 0) is 49.4 Å². The van der Waals surface area contributed by atoms with Gasteiger partial charge in [-0.3, -0.25) is 37.3 Å². The second-order valence-electron chi connectivity index (χ2n) is 31.3. The first-order valence-electron chi connectivity index (χ1n) is 42.8. The number of phosphoric acid groups is 2. The molecule has 19 heteroatoms. The number of aliphatic hydroxyl groups excluding tert-OH is 1. The molecule has 0 aliphatic rings. The molecule has 0 aromatic heterocycles. The lowest BCUT2D eigenvalue weighted by Crippen LogP contribution is -2.30. The highest BCUT2D eigenvalue weighted by atomic mass is 31.2. The molecule has 0 saturated heterocycles. The summed E-state index contributed by atoms with van der Waals surface area (Å²) in [7, 11) is -9.92. The Morgan fingerprint density at radius 1 is 0.275 bits per heavy atom. The van der Waals surface area contributed by atoms with Gasteiger partial charge in [0.1, 0.15) is 19.3 Å². The van der Waals surface area contributed by atoms with Crippen molar-refractivity contribution in [1.82, 2.24) is 0 Å². The monoisotopic (exact) mass is 1490 g/mol. The number of hydrogen-bond acceptors (Lipinski definition) is 15.